The van der Waals surface area contributed by atoms with Crippen molar-refractivity contribution in [2.75, 3.05) is 0 Å². The van der Waals surface area contributed by atoms with Crippen molar-refractivity contribution in [2.45, 2.75) is 26.3 Å². The molecule has 0 spiro atoms. The average Bonchev–Trinajstić information content (AvgIpc) is 2.03. The molecule has 2 N–H and O–H groups in total. The summed E-state index contributed by atoms with van der Waals surface area (Å²) in [7, 11) is 0. The number of carbonyl (C=O) groups is 1. The molecule has 0 aliphatic heterocycles. The fourth-order valence-corrected chi connectivity index (χ4v) is 1.35. The van der Waals surface area contributed by atoms with Gasteiger partial charge in [0.25, 0.3) is 0 Å². The van der Waals surface area contributed by atoms with Crippen molar-refractivity contribution in [3.8, 4) is 0 Å². The summed E-state index contributed by atoms with van der Waals surface area (Å²) in [5.41, 5.74) is 7.11. The number of carbonyl (C=O) groups excluding carboxylic acids is 1. The van der Waals surface area contributed by atoms with E-state index in [0.717, 1.165) is 11.1 Å². The van der Waals surface area contributed by atoms with Gasteiger partial charge in [-0.2, -0.15) is 0 Å². The van der Waals surface area contributed by atoms with Gasteiger partial charge in [0.15, 0.2) is 5.78 Å². The lowest BCUT2D eigenvalue weighted by molar-refractivity contribution is 0.101. The van der Waals surface area contributed by atoms with Crippen LogP contribution in [0.3, 0.4) is 0 Å². The monoisotopic (exact) mass is 177 g/mol. The molecule has 0 aromatic heterocycles. The molecular weight excluding hydrogens is 162 g/mol. The molecule has 0 fully saturated rings. The first-order valence-electron chi connectivity index (χ1n) is 4.32. The van der Waals surface area contributed by atoms with Crippen LogP contribution in [0.2, 0.25) is 0 Å². The molecule has 0 saturated carbocycles. The van der Waals surface area contributed by atoms with Gasteiger partial charge in [-0.25, -0.2) is 0 Å². The topological polar surface area (TPSA) is 43.1 Å². The minimum atomic E-state index is -0.456. The molecule has 0 aliphatic rings. The molecule has 0 unspecified atom stereocenters. The number of Topliss-reactive ketones (excluding diaryl/α,β-unsaturated/α-hetero) is 1. The first-order chi connectivity index (χ1) is 5.93. The van der Waals surface area contributed by atoms with E-state index in [-0.39, 0.29) is 5.78 Å². The average molecular weight is 177 g/mol. The van der Waals surface area contributed by atoms with E-state index in [4.69, 9.17) is 5.73 Å². The van der Waals surface area contributed by atoms with Crippen LogP contribution >= 0.6 is 0 Å². The van der Waals surface area contributed by atoms with Gasteiger partial charge in [-0.1, -0.05) is 24.3 Å². The number of benzene rings is 1. The van der Waals surface area contributed by atoms with Gasteiger partial charge in [-0.3, -0.25) is 4.79 Å². The van der Waals surface area contributed by atoms with Crippen LogP contribution in [-0.2, 0) is 5.54 Å². The highest BCUT2D eigenvalue weighted by molar-refractivity contribution is 5.95. The normalized spacial score (nSPS) is 11.4. The highest BCUT2D eigenvalue weighted by Gasteiger charge is 2.19. The molecule has 70 valence electrons. The van der Waals surface area contributed by atoms with E-state index in [1.807, 2.05) is 38.1 Å². The van der Waals surface area contributed by atoms with Crippen molar-refractivity contribution in [2.24, 2.45) is 5.73 Å². The second-order valence-corrected chi connectivity index (χ2v) is 3.82. The number of ketones is 1. The van der Waals surface area contributed by atoms with E-state index < -0.39 is 5.54 Å². The van der Waals surface area contributed by atoms with Gasteiger partial charge in [0.1, 0.15) is 0 Å². The zero-order chi connectivity index (χ0) is 10.1. The highest BCUT2D eigenvalue weighted by Crippen LogP contribution is 2.21. The third-order valence-electron chi connectivity index (χ3n) is 2.00. The maximum absolute atomic E-state index is 11.3. The maximum Gasteiger partial charge on any atom is 0.160 e. The lowest BCUT2D eigenvalue weighted by Gasteiger charge is -2.21. The summed E-state index contributed by atoms with van der Waals surface area (Å²) >= 11 is 0. The van der Waals surface area contributed by atoms with E-state index in [1.165, 1.54) is 0 Å². The first kappa shape index (κ1) is 9.93. The summed E-state index contributed by atoms with van der Waals surface area (Å²) in [6.07, 6.45) is 0. The van der Waals surface area contributed by atoms with Crippen molar-refractivity contribution < 1.29 is 4.79 Å². The second kappa shape index (κ2) is 3.30. The van der Waals surface area contributed by atoms with Crippen LogP contribution < -0.4 is 5.73 Å². The van der Waals surface area contributed by atoms with E-state index in [9.17, 15) is 4.79 Å². The second-order valence-electron chi connectivity index (χ2n) is 3.82. The van der Waals surface area contributed by atoms with Gasteiger partial charge < -0.3 is 5.73 Å². The van der Waals surface area contributed by atoms with Crippen LogP contribution in [0, 0.1) is 0 Å². The fraction of sp³-hybridized carbons (Fsp3) is 0.364. The summed E-state index contributed by atoms with van der Waals surface area (Å²) < 4.78 is 0. The first-order valence-corrected chi connectivity index (χ1v) is 4.32. The summed E-state index contributed by atoms with van der Waals surface area (Å²) in [6, 6.07) is 7.46. The molecule has 1 aromatic carbocycles. The minimum absolute atomic E-state index is 0.0640. The van der Waals surface area contributed by atoms with E-state index in [1.54, 1.807) is 6.92 Å². The quantitative estimate of drug-likeness (QED) is 0.703. The lowest BCUT2D eigenvalue weighted by Crippen LogP contribution is -2.30. The van der Waals surface area contributed by atoms with E-state index in [0.29, 0.717) is 0 Å². The Labute approximate surface area is 78.8 Å². The zero-order valence-corrected chi connectivity index (χ0v) is 8.29. The van der Waals surface area contributed by atoms with Crippen molar-refractivity contribution >= 4 is 5.78 Å². The Hall–Kier alpha value is -1.15. The zero-order valence-electron chi connectivity index (χ0n) is 8.29. The maximum atomic E-state index is 11.3. The Morgan fingerprint density at radius 3 is 2.23 bits per heavy atom. The molecule has 0 amide bonds. The molecule has 0 aliphatic carbocycles. The van der Waals surface area contributed by atoms with Gasteiger partial charge >= 0.3 is 0 Å². The van der Waals surface area contributed by atoms with Crippen molar-refractivity contribution in [1.29, 1.82) is 0 Å². The molecular formula is C11H15NO. The highest BCUT2D eigenvalue weighted by atomic mass is 16.1. The molecule has 0 saturated heterocycles. The Balaban J connectivity index is 3.28. The smallest absolute Gasteiger partial charge is 0.160 e. The summed E-state index contributed by atoms with van der Waals surface area (Å²) in [4.78, 5) is 11.3. The summed E-state index contributed by atoms with van der Waals surface area (Å²) in [6.45, 7) is 5.36. The van der Waals surface area contributed by atoms with Gasteiger partial charge in [0, 0.05) is 11.1 Å². The van der Waals surface area contributed by atoms with Crippen molar-refractivity contribution in [3.63, 3.8) is 0 Å². The Kier molecular flexibility index (Phi) is 2.52. The van der Waals surface area contributed by atoms with Crippen molar-refractivity contribution in [1.82, 2.24) is 0 Å². The summed E-state index contributed by atoms with van der Waals surface area (Å²) in [5.74, 6) is 0.0640. The van der Waals surface area contributed by atoms with Crippen LogP contribution in [0.25, 0.3) is 0 Å². The predicted octanol–water partition coefficient (Wildman–Crippen LogP) is 2.08. The number of hydrogen-bond acceptors (Lipinski definition) is 2. The van der Waals surface area contributed by atoms with Gasteiger partial charge in [0.05, 0.1) is 0 Å². The van der Waals surface area contributed by atoms with Crippen LogP contribution in [0.15, 0.2) is 24.3 Å². The Morgan fingerprint density at radius 2 is 1.85 bits per heavy atom. The molecule has 0 atom stereocenters. The molecule has 1 rings (SSSR count). The largest absolute Gasteiger partial charge is 0.322 e. The standard InChI is InChI=1S/C11H15NO/c1-8(13)9-6-4-5-7-10(9)11(2,3)12/h4-7H,12H2,1-3H3. The van der Waals surface area contributed by atoms with E-state index >= 15 is 0 Å². The number of rotatable bonds is 2. The molecule has 2 nitrogen and oxygen atoms in total. The SMILES string of the molecule is CC(=O)c1ccccc1C(C)(C)N. The molecule has 0 bridgehead atoms. The lowest BCUT2D eigenvalue weighted by atomic mass is 9.90. The molecule has 2 heteroatoms. The third-order valence-corrected chi connectivity index (χ3v) is 2.00. The van der Waals surface area contributed by atoms with Gasteiger partial charge in [-0.15, -0.1) is 0 Å². The fourth-order valence-electron chi connectivity index (χ4n) is 1.35. The molecule has 0 heterocycles. The Bertz CT molecular complexity index is 323. The van der Waals surface area contributed by atoms with Crippen LogP contribution in [0.5, 0.6) is 0 Å². The Morgan fingerprint density at radius 1 is 1.31 bits per heavy atom. The van der Waals surface area contributed by atoms with Crippen molar-refractivity contribution in [3.05, 3.63) is 35.4 Å². The minimum Gasteiger partial charge on any atom is -0.322 e. The third kappa shape index (κ3) is 2.16. The number of hydrogen-bond donors (Lipinski definition) is 1. The van der Waals surface area contributed by atoms with Crippen LogP contribution in [0.1, 0.15) is 36.7 Å². The van der Waals surface area contributed by atoms with E-state index in [2.05, 4.69) is 0 Å². The van der Waals surface area contributed by atoms with Gasteiger partial charge in [0.2, 0.25) is 0 Å². The van der Waals surface area contributed by atoms with Gasteiger partial charge in [-0.05, 0) is 26.3 Å². The molecule has 1 aromatic rings. The summed E-state index contributed by atoms with van der Waals surface area (Å²) in [5, 5.41) is 0. The molecule has 0 radical (unpaired) electrons. The van der Waals surface area contributed by atoms with Crippen LogP contribution in [0.4, 0.5) is 0 Å². The molecule has 13 heavy (non-hydrogen) atoms. The predicted molar refractivity (Wildman–Crippen MR) is 53.7 cm³/mol. The van der Waals surface area contributed by atoms with Crippen LogP contribution in [-0.4, -0.2) is 5.78 Å². The number of nitrogens with two attached hydrogens (primary N) is 1.